The number of hydrogen-bond donors (Lipinski definition) is 4. The highest BCUT2D eigenvalue weighted by Crippen LogP contribution is 2.25. The van der Waals surface area contributed by atoms with Crippen LogP contribution in [0.15, 0.2) is 24.3 Å². The van der Waals surface area contributed by atoms with Gasteiger partial charge < -0.3 is 10.4 Å². The largest absolute Gasteiger partial charge is 0.316 e. The fourth-order valence-corrected chi connectivity index (χ4v) is 1.43. The molecule has 0 amide bonds. The minimum absolute atomic E-state index is 0.512. The maximum absolute atomic E-state index is 9.08. The average molecular weight is 224 g/mol. The molecule has 0 saturated carbocycles. The summed E-state index contributed by atoms with van der Waals surface area (Å²) >= 11 is 0. The van der Waals surface area contributed by atoms with E-state index in [4.69, 9.17) is 10.4 Å². The molecule has 0 saturated heterocycles. The van der Waals surface area contributed by atoms with Crippen LogP contribution in [-0.4, -0.2) is 10.4 Å². The van der Waals surface area contributed by atoms with Crippen LogP contribution in [0.25, 0.3) is 0 Å². The van der Waals surface area contributed by atoms with Gasteiger partial charge in [-0.15, -0.1) is 0 Å². The van der Waals surface area contributed by atoms with Gasteiger partial charge >= 0.3 is 0 Å². The average Bonchev–Trinajstić information content (AvgIpc) is 2.29. The molecular formula is C12H20N2O2. The summed E-state index contributed by atoms with van der Waals surface area (Å²) < 4.78 is 0. The molecule has 1 rings (SSSR count). The molecule has 4 nitrogen and oxygen atoms in total. The highest BCUT2D eigenvalue weighted by Gasteiger charge is 2.23. The standard InChI is InChI=1S/C12H20N2O2/c1-11(2,13-15)9-6-5-7-10(8-9)12(3,4)14-16/h5-8,13-16H,1-4H3. The van der Waals surface area contributed by atoms with E-state index in [1.165, 1.54) is 0 Å². The Morgan fingerprint density at radius 2 is 1.25 bits per heavy atom. The first-order valence-electron chi connectivity index (χ1n) is 5.27. The lowest BCUT2D eigenvalue weighted by Gasteiger charge is -2.27. The molecule has 0 aliphatic rings. The normalized spacial score (nSPS) is 12.9. The third kappa shape index (κ3) is 2.59. The van der Waals surface area contributed by atoms with E-state index in [0.29, 0.717) is 0 Å². The summed E-state index contributed by atoms with van der Waals surface area (Å²) in [6.07, 6.45) is 0. The third-order valence-corrected chi connectivity index (χ3v) is 2.86. The quantitative estimate of drug-likeness (QED) is 0.591. The minimum Gasteiger partial charge on any atom is -0.316 e. The van der Waals surface area contributed by atoms with Crippen molar-refractivity contribution in [3.8, 4) is 0 Å². The molecular weight excluding hydrogens is 204 g/mol. The molecule has 1 aromatic rings. The summed E-state index contributed by atoms with van der Waals surface area (Å²) in [6.45, 7) is 7.52. The molecule has 16 heavy (non-hydrogen) atoms. The Balaban J connectivity index is 3.14. The minimum atomic E-state index is -0.512. The second-order valence-corrected chi connectivity index (χ2v) is 5.05. The molecule has 0 atom stereocenters. The van der Waals surface area contributed by atoms with E-state index < -0.39 is 11.1 Å². The highest BCUT2D eigenvalue weighted by atomic mass is 16.5. The molecule has 4 heteroatoms. The molecule has 0 aromatic heterocycles. The van der Waals surface area contributed by atoms with Crippen molar-refractivity contribution < 1.29 is 10.4 Å². The van der Waals surface area contributed by atoms with E-state index in [-0.39, 0.29) is 0 Å². The van der Waals surface area contributed by atoms with Crippen LogP contribution in [0.2, 0.25) is 0 Å². The van der Waals surface area contributed by atoms with Gasteiger partial charge in [-0.1, -0.05) is 24.3 Å². The number of hydrogen-bond acceptors (Lipinski definition) is 4. The maximum atomic E-state index is 9.08. The molecule has 0 radical (unpaired) electrons. The Labute approximate surface area is 96.2 Å². The smallest absolute Gasteiger partial charge is 0.0622 e. The second kappa shape index (κ2) is 4.51. The van der Waals surface area contributed by atoms with Crippen LogP contribution in [0.5, 0.6) is 0 Å². The lowest BCUT2D eigenvalue weighted by Crippen LogP contribution is -2.36. The van der Waals surface area contributed by atoms with Crippen LogP contribution in [0, 0.1) is 0 Å². The van der Waals surface area contributed by atoms with Crippen molar-refractivity contribution in [2.75, 3.05) is 0 Å². The van der Waals surface area contributed by atoms with Crippen molar-refractivity contribution in [2.24, 2.45) is 0 Å². The van der Waals surface area contributed by atoms with Crippen LogP contribution >= 0.6 is 0 Å². The first kappa shape index (κ1) is 13.1. The van der Waals surface area contributed by atoms with Crippen molar-refractivity contribution in [3.05, 3.63) is 35.4 Å². The van der Waals surface area contributed by atoms with Gasteiger partial charge in [0.2, 0.25) is 0 Å². The van der Waals surface area contributed by atoms with Crippen LogP contribution in [0.3, 0.4) is 0 Å². The molecule has 1 aromatic carbocycles. The summed E-state index contributed by atoms with van der Waals surface area (Å²) in [7, 11) is 0. The summed E-state index contributed by atoms with van der Waals surface area (Å²) in [5, 5.41) is 18.2. The third-order valence-electron chi connectivity index (χ3n) is 2.86. The predicted molar refractivity (Wildman–Crippen MR) is 62.3 cm³/mol. The van der Waals surface area contributed by atoms with Gasteiger partial charge in [0.15, 0.2) is 0 Å². The molecule has 0 fully saturated rings. The van der Waals surface area contributed by atoms with Crippen LogP contribution in [-0.2, 0) is 11.1 Å². The summed E-state index contributed by atoms with van der Waals surface area (Å²) in [6, 6.07) is 7.72. The molecule has 0 heterocycles. The first-order chi connectivity index (χ1) is 7.33. The van der Waals surface area contributed by atoms with Crippen molar-refractivity contribution in [3.63, 3.8) is 0 Å². The van der Waals surface area contributed by atoms with Crippen LogP contribution in [0.4, 0.5) is 0 Å². The van der Waals surface area contributed by atoms with Gasteiger partial charge in [-0.3, -0.25) is 0 Å². The summed E-state index contributed by atoms with van der Waals surface area (Å²) in [5.74, 6) is 0. The Morgan fingerprint density at radius 3 is 1.56 bits per heavy atom. The van der Waals surface area contributed by atoms with Crippen molar-refractivity contribution in [1.29, 1.82) is 0 Å². The number of nitrogens with one attached hydrogen (secondary N) is 2. The molecule has 90 valence electrons. The van der Waals surface area contributed by atoms with Gasteiger partial charge in [-0.2, -0.15) is 11.0 Å². The maximum Gasteiger partial charge on any atom is 0.0622 e. The molecule has 4 N–H and O–H groups in total. The first-order valence-corrected chi connectivity index (χ1v) is 5.27. The Hall–Kier alpha value is -0.940. The molecule has 0 aliphatic heterocycles. The molecule has 0 spiro atoms. The number of hydroxylamine groups is 2. The SMILES string of the molecule is CC(C)(NO)c1cccc(C(C)(C)NO)c1. The molecule has 0 bridgehead atoms. The molecule has 0 aliphatic carbocycles. The van der Waals surface area contributed by atoms with Crippen molar-refractivity contribution in [1.82, 2.24) is 11.0 Å². The van der Waals surface area contributed by atoms with Crippen LogP contribution < -0.4 is 11.0 Å². The second-order valence-electron chi connectivity index (χ2n) is 5.05. The van der Waals surface area contributed by atoms with E-state index in [1.54, 1.807) is 0 Å². The lowest BCUT2D eigenvalue weighted by atomic mass is 9.88. The van der Waals surface area contributed by atoms with Gasteiger partial charge in [0.25, 0.3) is 0 Å². The summed E-state index contributed by atoms with van der Waals surface area (Å²) in [5.41, 5.74) is 5.43. The van der Waals surface area contributed by atoms with E-state index >= 15 is 0 Å². The zero-order valence-electron chi connectivity index (χ0n) is 10.2. The fourth-order valence-electron chi connectivity index (χ4n) is 1.43. The molecule has 0 unspecified atom stereocenters. The van der Waals surface area contributed by atoms with Gasteiger partial charge in [0.05, 0.1) is 11.1 Å². The number of rotatable bonds is 4. The Bertz CT molecular complexity index is 331. The monoisotopic (exact) mass is 224 g/mol. The van der Waals surface area contributed by atoms with Gasteiger partial charge in [-0.05, 0) is 38.8 Å². The predicted octanol–water partition coefficient (Wildman–Crippen LogP) is 2.11. The zero-order chi connectivity index (χ0) is 12.4. The number of benzene rings is 1. The van der Waals surface area contributed by atoms with Crippen LogP contribution in [0.1, 0.15) is 38.8 Å². The zero-order valence-corrected chi connectivity index (χ0v) is 10.2. The van der Waals surface area contributed by atoms with E-state index in [2.05, 4.69) is 11.0 Å². The van der Waals surface area contributed by atoms with Gasteiger partial charge in [-0.25, -0.2) is 0 Å². The van der Waals surface area contributed by atoms with Crippen molar-refractivity contribution >= 4 is 0 Å². The van der Waals surface area contributed by atoms with E-state index in [1.807, 2.05) is 52.0 Å². The summed E-state index contributed by atoms with van der Waals surface area (Å²) in [4.78, 5) is 0. The van der Waals surface area contributed by atoms with Crippen molar-refractivity contribution in [2.45, 2.75) is 38.8 Å². The van der Waals surface area contributed by atoms with E-state index in [9.17, 15) is 0 Å². The Morgan fingerprint density at radius 1 is 0.875 bits per heavy atom. The van der Waals surface area contributed by atoms with E-state index in [0.717, 1.165) is 11.1 Å². The lowest BCUT2D eigenvalue weighted by molar-refractivity contribution is 0.0769. The topological polar surface area (TPSA) is 64.5 Å². The fraction of sp³-hybridized carbons (Fsp3) is 0.500. The Kier molecular flexibility index (Phi) is 3.70. The van der Waals surface area contributed by atoms with Gasteiger partial charge in [0, 0.05) is 0 Å². The van der Waals surface area contributed by atoms with Gasteiger partial charge in [0.1, 0.15) is 0 Å². The highest BCUT2D eigenvalue weighted by molar-refractivity contribution is 5.32.